The third kappa shape index (κ3) is 2.62. The molecule has 5 heteroatoms. The first-order valence-electron chi connectivity index (χ1n) is 5.52. The van der Waals surface area contributed by atoms with Crippen LogP contribution in [0, 0.1) is 5.92 Å². The van der Waals surface area contributed by atoms with Crippen molar-refractivity contribution < 1.29 is 14.7 Å². The Morgan fingerprint density at radius 3 is 2.76 bits per heavy atom. The lowest BCUT2D eigenvalue weighted by molar-refractivity contribution is -0.119. The van der Waals surface area contributed by atoms with Gasteiger partial charge >= 0.3 is 5.97 Å². The number of hydrogen-bond donors (Lipinski definition) is 3. The van der Waals surface area contributed by atoms with Gasteiger partial charge < -0.3 is 15.7 Å². The Labute approximate surface area is 98.8 Å². The second-order valence-corrected chi connectivity index (χ2v) is 4.03. The maximum Gasteiger partial charge on any atom is 0.337 e. The molecule has 0 radical (unpaired) electrons. The third-order valence-electron chi connectivity index (χ3n) is 2.85. The van der Waals surface area contributed by atoms with Gasteiger partial charge in [0.15, 0.2) is 0 Å². The first kappa shape index (κ1) is 11.6. The highest BCUT2D eigenvalue weighted by Gasteiger charge is 2.23. The Morgan fingerprint density at radius 1 is 1.35 bits per heavy atom. The summed E-state index contributed by atoms with van der Waals surface area (Å²) >= 11 is 0. The van der Waals surface area contributed by atoms with Gasteiger partial charge in [-0.1, -0.05) is 12.1 Å². The van der Waals surface area contributed by atoms with Crippen LogP contribution in [0.2, 0.25) is 0 Å². The summed E-state index contributed by atoms with van der Waals surface area (Å²) in [6.45, 7) is 1.49. The average Bonchev–Trinajstić information content (AvgIpc) is 2.83. The van der Waals surface area contributed by atoms with Gasteiger partial charge in [0.25, 0.3) is 0 Å². The summed E-state index contributed by atoms with van der Waals surface area (Å²) in [5, 5.41) is 14.8. The molecule has 1 unspecified atom stereocenters. The quantitative estimate of drug-likeness (QED) is 0.727. The van der Waals surface area contributed by atoms with Gasteiger partial charge in [0.05, 0.1) is 17.2 Å². The summed E-state index contributed by atoms with van der Waals surface area (Å²) < 4.78 is 0. The van der Waals surface area contributed by atoms with E-state index in [0.29, 0.717) is 12.2 Å². The van der Waals surface area contributed by atoms with E-state index in [4.69, 9.17) is 5.11 Å². The van der Waals surface area contributed by atoms with E-state index in [1.165, 1.54) is 6.07 Å². The Bertz CT molecular complexity index is 439. The van der Waals surface area contributed by atoms with Crippen molar-refractivity contribution in [1.82, 2.24) is 5.32 Å². The molecule has 90 valence electrons. The fourth-order valence-corrected chi connectivity index (χ4v) is 1.89. The molecule has 0 aromatic heterocycles. The highest BCUT2D eigenvalue weighted by molar-refractivity contribution is 6.01. The summed E-state index contributed by atoms with van der Waals surface area (Å²) in [5.74, 6) is -1.23. The van der Waals surface area contributed by atoms with Crippen LogP contribution in [-0.4, -0.2) is 30.1 Å². The molecule has 1 atom stereocenters. The van der Waals surface area contributed by atoms with Crippen LogP contribution in [0.5, 0.6) is 0 Å². The maximum absolute atomic E-state index is 11.8. The molecule has 0 saturated carbocycles. The molecule has 1 amide bonds. The smallest absolute Gasteiger partial charge is 0.337 e. The van der Waals surface area contributed by atoms with E-state index in [2.05, 4.69) is 10.6 Å². The van der Waals surface area contributed by atoms with Crippen molar-refractivity contribution in [3.05, 3.63) is 29.8 Å². The number of benzene rings is 1. The van der Waals surface area contributed by atoms with Crippen LogP contribution >= 0.6 is 0 Å². The molecule has 0 bridgehead atoms. The SMILES string of the molecule is O=C(O)c1ccccc1NC(=O)C1CCNC1. The van der Waals surface area contributed by atoms with Gasteiger partial charge in [-0.2, -0.15) is 0 Å². The predicted molar refractivity (Wildman–Crippen MR) is 63.0 cm³/mol. The highest BCUT2D eigenvalue weighted by Crippen LogP contribution is 2.17. The number of carbonyl (C=O) groups excluding carboxylic acids is 1. The molecular weight excluding hydrogens is 220 g/mol. The van der Waals surface area contributed by atoms with Crippen LogP contribution in [0.4, 0.5) is 5.69 Å². The highest BCUT2D eigenvalue weighted by atomic mass is 16.4. The fraction of sp³-hybridized carbons (Fsp3) is 0.333. The number of rotatable bonds is 3. The number of hydrogen-bond acceptors (Lipinski definition) is 3. The second kappa shape index (κ2) is 4.97. The Kier molecular flexibility index (Phi) is 3.39. The van der Waals surface area contributed by atoms with Crippen molar-refractivity contribution in [2.45, 2.75) is 6.42 Å². The number of amides is 1. The molecule has 0 spiro atoms. The van der Waals surface area contributed by atoms with Gasteiger partial charge in [-0.25, -0.2) is 4.79 Å². The van der Waals surface area contributed by atoms with Crippen LogP contribution in [0.25, 0.3) is 0 Å². The number of carboxylic acid groups (broad SMARTS) is 1. The molecule has 0 aliphatic carbocycles. The lowest BCUT2D eigenvalue weighted by Gasteiger charge is -2.11. The minimum absolute atomic E-state index is 0.0724. The van der Waals surface area contributed by atoms with E-state index in [0.717, 1.165) is 13.0 Å². The van der Waals surface area contributed by atoms with Crippen molar-refractivity contribution in [3.8, 4) is 0 Å². The summed E-state index contributed by atoms with van der Waals surface area (Å²) in [5.41, 5.74) is 0.476. The molecule has 1 saturated heterocycles. The van der Waals surface area contributed by atoms with Gasteiger partial charge in [-0.3, -0.25) is 4.79 Å². The largest absolute Gasteiger partial charge is 0.478 e. The molecule has 5 nitrogen and oxygen atoms in total. The number of para-hydroxylation sites is 1. The zero-order valence-corrected chi connectivity index (χ0v) is 9.27. The molecule has 1 aromatic rings. The Hall–Kier alpha value is -1.88. The first-order valence-corrected chi connectivity index (χ1v) is 5.52. The Balaban J connectivity index is 2.12. The van der Waals surface area contributed by atoms with E-state index < -0.39 is 5.97 Å². The van der Waals surface area contributed by atoms with Crippen molar-refractivity contribution in [3.63, 3.8) is 0 Å². The number of aromatic carboxylic acids is 1. The molecule has 1 heterocycles. The van der Waals surface area contributed by atoms with Crippen molar-refractivity contribution in [1.29, 1.82) is 0 Å². The van der Waals surface area contributed by atoms with E-state index >= 15 is 0 Å². The fourth-order valence-electron chi connectivity index (χ4n) is 1.89. The zero-order valence-electron chi connectivity index (χ0n) is 9.27. The molecule has 1 aliphatic heterocycles. The molecular formula is C12H14N2O3. The zero-order chi connectivity index (χ0) is 12.3. The number of anilines is 1. The van der Waals surface area contributed by atoms with Crippen molar-refractivity contribution >= 4 is 17.6 Å². The van der Waals surface area contributed by atoms with Crippen LogP contribution in [0.1, 0.15) is 16.8 Å². The summed E-state index contributed by atoms with van der Waals surface area (Å²) in [4.78, 5) is 22.8. The standard InChI is InChI=1S/C12H14N2O3/c15-11(8-5-6-13-7-8)14-10-4-2-1-3-9(10)12(16)17/h1-4,8,13H,5-7H2,(H,14,15)(H,16,17). The summed E-state index contributed by atoms with van der Waals surface area (Å²) in [6.07, 6.45) is 0.793. The van der Waals surface area contributed by atoms with Crippen molar-refractivity contribution in [2.24, 2.45) is 5.92 Å². The van der Waals surface area contributed by atoms with E-state index in [1.54, 1.807) is 18.2 Å². The maximum atomic E-state index is 11.8. The van der Waals surface area contributed by atoms with Crippen LogP contribution in [0.3, 0.4) is 0 Å². The van der Waals surface area contributed by atoms with Gasteiger partial charge in [-0.15, -0.1) is 0 Å². The summed E-state index contributed by atoms with van der Waals surface area (Å²) in [7, 11) is 0. The van der Waals surface area contributed by atoms with Crippen molar-refractivity contribution in [2.75, 3.05) is 18.4 Å². The van der Waals surface area contributed by atoms with Gasteiger partial charge in [0.2, 0.25) is 5.91 Å². The molecule has 1 aliphatic rings. The van der Waals surface area contributed by atoms with Gasteiger partial charge in [0.1, 0.15) is 0 Å². The minimum Gasteiger partial charge on any atom is -0.478 e. The Morgan fingerprint density at radius 2 is 2.12 bits per heavy atom. The lowest BCUT2D eigenvalue weighted by atomic mass is 10.1. The molecule has 2 rings (SSSR count). The minimum atomic E-state index is -1.04. The predicted octanol–water partition coefficient (Wildman–Crippen LogP) is 0.933. The lowest BCUT2D eigenvalue weighted by Crippen LogP contribution is -2.25. The second-order valence-electron chi connectivity index (χ2n) is 4.03. The van der Waals surface area contributed by atoms with Gasteiger partial charge in [0, 0.05) is 6.54 Å². The van der Waals surface area contributed by atoms with Gasteiger partial charge in [-0.05, 0) is 25.1 Å². The van der Waals surface area contributed by atoms with E-state index in [-0.39, 0.29) is 17.4 Å². The van der Waals surface area contributed by atoms with Crippen LogP contribution < -0.4 is 10.6 Å². The molecule has 3 N–H and O–H groups in total. The normalized spacial score (nSPS) is 18.9. The molecule has 1 aromatic carbocycles. The topological polar surface area (TPSA) is 78.4 Å². The number of carbonyl (C=O) groups is 2. The number of carboxylic acids is 1. The van der Waals surface area contributed by atoms with E-state index in [9.17, 15) is 9.59 Å². The first-order chi connectivity index (χ1) is 8.18. The molecule has 17 heavy (non-hydrogen) atoms. The van der Waals surface area contributed by atoms with Crippen LogP contribution in [0.15, 0.2) is 24.3 Å². The van der Waals surface area contributed by atoms with Crippen LogP contribution in [-0.2, 0) is 4.79 Å². The third-order valence-corrected chi connectivity index (χ3v) is 2.85. The molecule has 1 fully saturated rings. The number of nitrogens with one attached hydrogen (secondary N) is 2. The summed E-state index contributed by atoms with van der Waals surface area (Å²) in [6, 6.07) is 6.42. The average molecular weight is 234 g/mol. The monoisotopic (exact) mass is 234 g/mol. The van der Waals surface area contributed by atoms with E-state index in [1.807, 2.05) is 0 Å².